The first-order valence-electron chi connectivity index (χ1n) is 44.1. The first-order valence-corrected chi connectivity index (χ1v) is 44.1. The van der Waals surface area contributed by atoms with Gasteiger partial charge in [0.05, 0.1) is 317 Å². The molecule has 1 atom stereocenters. The van der Waals surface area contributed by atoms with Crippen LogP contribution in [0.5, 0.6) is 0 Å². The predicted molar refractivity (Wildman–Crippen MR) is 461 cm³/mol. The van der Waals surface area contributed by atoms with Gasteiger partial charge in [-0.3, -0.25) is 9.59 Å². The van der Waals surface area contributed by atoms with E-state index >= 15 is 0 Å². The third-order valence-corrected chi connectivity index (χ3v) is 18.7. The summed E-state index contributed by atoms with van der Waals surface area (Å²) in [4.78, 5) is 61.1. The molecule has 4 aromatic carbocycles. The Morgan fingerprint density at radius 1 is 0.246 bits per heavy atom. The van der Waals surface area contributed by atoms with Crippen LogP contribution in [-0.4, -0.2) is 391 Å². The lowest BCUT2D eigenvalue weighted by molar-refractivity contribution is -0.142. The number of aliphatic carboxylic acids is 1. The van der Waals surface area contributed by atoms with Gasteiger partial charge in [-0.2, -0.15) is 0 Å². The van der Waals surface area contributed by atoms with Crippen molar-refractivity contribution in [2.45, 2.75) is 50.0 Å². The number of carbonyl (C=O) groups is 5. The van der Waals surface area contributed by atoms with Crippen LogP contribution in [0.15, 0.2) is 97.1 Å². The maximum Gasteiger partial charge on any atom is 0.407 e. The highest BCUT2D eigenvalue weighted by Gasteiger charge is 2.31. The van der Waals surface area contributed by atoms with Gasteiger partial charge < -0.3 is 150 Å². The lowest BCUT2D eigenvalue weighted by Crippen LogP contribution is -2.41. The minimum atomic E-state index is -1.13. The summed E-state index contributed by atoms with van der Waals surface area (Å²) in [6, 6.07) is 31.9. The fourth-order valence-corrected chi connectivity index (χ4v) is 12.4. The smallest absolute Gasteiger partial charge is 0.407 e. The van der Waals surface area contributed by atoms with E-state index in [1.54, 1.807) is 0 Å². The summed E-state index contributed by atoms with van der Waals surface area (Å²) in [5, 5.41) is 20.5. The quantitative estimate of drug-likeness (QED) is 0.0312. The number of nitrogens with one attached hydrogen (secondary N) is 4. The molecule has 1 unspecified atom stereocenters. The first-order chi connectivity index (χ1) is 62.3. The monoisotopic (exact) mass is 1790 g/mol. The van der Waals surface area contributed by atoms with Crippen LogP contribution in [0.3, 0.4) is 0 Å². The molecule has 2 aliphatic carbocycles. The average molecular weight is 1790 g/mol. The number of benzene rings is 4. The molecule has 0 spiro atoms. The third-order valence-electron chi connectivity index (χ3n) is 18.7. The van der Waals surface area contributed by atoms with Crippen molar-refractivity contribution in [3.05, 3.63) is 119 Å². The summed E-state index contributed by atoms with van der Waals surface area (Å²) in [6.45, 7) is 21.2. The number of hydrogen-bond acceptors (Lipinski definition) is 31. The van der Waals surface area contributed by atoms with Crippen LogP contribution in [0, 0.1) is 0 Å². The molecule has 6 rings (SSSR count). The van der Waals surface area contributed by atoms with E-state index in [0.29, 0.717) is 330 Å². The second kappa shape index (κ2) is 76.7. The van der Waals surface area contributed by atoms with E-state index < -0.39 is 30.1 Å². The molecule has 36 heteroatoms. The Bertz CT molecular complexity index is 3260. The van der Waals surface area contributed by atoms with Crippen LogP contribution < -0.4 is 21.3 Å². The molecule has 0 fully saturated rings. The fourth-order valence-electron chi connectivity index (χ4n) is 12.4. The zero-order valence-electron chi connectivity index (χ0n) is 73.6. The Balaban J connectivity index is 0.535. The molecule has 4 amide bonds. The molecule has 0 heterocycles. The molecule has 0 radical (unpaired) electrons. The van der Waals surface area contributed by atoms with Gasteiger partial charge in [-0.05, 0) is 63.8 Å². The van der Waals surface area contributed by atoms with Crippen molar-refractivity contribution in [1.82, 2.24) is 21.3 Å². The summed E-state index contributed by atoms with van der Waals surface area (Å²) in [7, 11) is 0. The first kappa shape index (κ1) is 108. The number of alkyl carbamates (subject to hydrolysis) is 2. The van der Waals surface area contributed by atoms with Crippen molar-refractivity contribution in [2.24, 2.45) is 0 Å². The molecular weight excluding hydrogens is 1650 g/mol. The minimum Gasteiger partial charge on any atom is -0.480 e. The number of rotatable bonds is 89. The van der Waals surface area contributed by atoms with Crippen molar-refractivity contribution in [3.8, 4) is 22.3 Å². The molecule has 36 nitrogen and oxygen atoms in total. The molecule has 0 aromatic heterocycles. The summed E-state index contributed by atoms with van der Waals surface area (Å²) in [5.74, 6) is -1.71. The van der Waals surface area contributed by atoms with Gasteiger partial charge in [0.15, 0.2) is 0 Å². The largest absolute Gasteiger partial charge is 0.480 e. The normalized spacial score (nSPS) is 12.4. The molecule has 0 aliphatic heterocycles. The molecule has 5 N–H and O–H groups in total. The summed E-state index contributed by atoms with van der Waals surface area (Å²) in [5.41, 5.74) is 9.44. The zero-order chi connectivity index (χ0) is 88.8. The molecule has 712 valence electrons. The van der Waals surface area contributed by atoms with E-state index in [0.717, 1.165) is 0 Å². The molecule has 0 bridgehead atoms. The lowest BCUT2D eigenvalue weighted by atomic mass is 9.98. The van der Waals surface area contributed by atoms with Gasteiger partial charge >= 0.3 is 18.2 Å². The highest BCUT2D eigenvalue weighted by Crippen LogP contribution is 2.46. The SMILES string of the molecule is O=C(CCOCCOCCOCCOCCOCCOCCOCCOCCOCCOCCOCCOCCNC(=O)OCC1c2ccccc2-c2ccccc21)NCCCCC(NC(=O)CCOCCOCCOCCOCCOCCOCCOCCOCCOCCOCCOCCOCCNC(=O)OCC1c2ccccc2-c2ccccc21)C(=O)O. The van der Waals surface area contributed by atoms with E-state index in [-0.39, 0.29) is 70.0 Å². The van der Waals surface area contributed by atoms with Crippen LogP contribution in [0.25, 0.3) is 22.3 Å². The number of unbranched alkanes of at least 4 members (excludes halogenated alkanes) is 1. The van der Waals surface area contributed by atoms with E-state index in [1.807, 2.05) is 48.5 Å². The number of carboxylic acid groups (broad SMARTS) is 1. The topological polar surface area (TPSA) is 394 Å². The molecule has 126 heavy (non-hydrogen) atoms. The number of amides is 4. The zero-order valence-corrected chi connectivity index (χ0v) is 73.6. The molecule has 0 saturated heterocycles. The Morgan fingerprint density at radius 3 is 0.683 bits per heavy atom. The maximum absolute atomic E-state index is 12.4. The van der Waals surface area contributed by atoms with Gasteiger partial charge in [0.2, 0.25) is 11.8 Å². The second-order valence-electron chi connectivity index (χ2n) is 28.0. The van der Waals surface area contributed by atoms with Crippen molar-refractivity contribution in [3.63, 3.8) is 0 Å². The van der Waals surface area contributed by atoms with E-state index in [9.17, 15) is 29.1 Å². The summed E-state index contributed by atoms with van der Waals surface area (Å²) >= 11 is 0. The summed E-state index contributed by atoms with van der Waals surface area (Å²) < 4.78 is 144. The molecule has 0 saturated carbocycles. The van der Waals surface area contributed by atoms with E-state index in [4.69, 9.17) is 123 Å². The van der Waals surface area contributed by atoms with Crippen LogP contribution >= 0.6 is 0 Å². The van der Waals surface area contributed by atoms with Gasteiger partial charge in [0.1, 0.15) is 19.3 Å². The van der Waals surface area contributed by atoms with E-state index in [2.05, 4.69) is 69.8 Å². The number of ether oxygens (including phenoxy) is 26. The Kier molecular flexibility index (Phi) is 65.5. The Hall–Kier alpha value is -7.13. The average Bonchev–Trinajstić information content (AvgIpc) is 1.62. The van der Waals surface area contributed by atoms with Gasteiger partial charge in [-0.15, -0.1) is 0 Å². The number of carboxylic acids is 1. The van der Waals surface area contributed by atoms with Crippen LogP contribution in [0.1, 0.15) is 66.2 Å². The van der Waals surface area contributed by atoms with Crippen molar-refractivity contribution in [1.29, 1.82) is 0 Å². The second-order valence-corrected chi connectivity index (χ2v) is 28.0. The molecule has 4 aromatic rings. The van der Waals surface area contributed by atoms with Crippen LogP contribution in [-0.2, 0) is 138 Å². The van der Waals surface area contributed by atoms with Crippen LogP contribution in [0.4, 0.5) is 9.59 Å². The van der Waals surface area contributed by atoms with Crippen LogP contribution in [0.2, 0.25) is 0 Å². The van der Waals surface area contributed by atoms with Crippen molar-refractivity contribution in [2.75, 3.05) is 350 Å². The lowest BCUT2D eigenvalue weighted by Gasteiger charge is -2.15. The van der Waals surface area contributed by atoms with Gasteiger partial charge in [0, 0.05) is 44.3 Å². The number of carbonyl (C=O) groups excluding carboxylic acids is 4. The number of fused-ring (bicyclic) bond motifs is 6. The predicted octanol–water partition coefficient (Wildman–Crippen LogP) is 6.10. The van der Waals surface area contributed by atoms with Gasteiger partial charge in [-0.25, -0.2) is 14.4 Å². The van der Waals surface area contributed by atoms with E-state index in [1.165, 1.54) is 44.5 Å². The van der Waals surface area contributed by atoms with Gasteiger partial charge in [0.25, 0.3) is 0 Å². The standard InChI is InChI=1S/C90H140N4O32/c95-86(20-25-101-29-33-105-37-41-109-45-49-113-53-57-117-61-65-121-69-71-123-67-63-119-59-55-115-51-47-111-43-39-107-35-31-103-27-23-92-89(99)125-73-83-79-15-5-1-11-75(79)76-12-2-6-16-80(76)83)91-22-10-9-19-85(88(97)98)94-87(96)21-26-102-30-34-106-38-42-110-46-50-114-54-58-118-62-66-122-70-72-124-68-64-120-60-56-116-52-48-112-44-40-108-36-32-104-28-24-93-90(100)126-74-84-81-17-7-3-13-77(81)78-14-4-8-18-82(78)84/h1-8,11-18,83-85H,9-10,19-74H2,(H,91,95)(H,92,99)(H,93,100)(H,94,96)(H,97,98). The van der Waals surface area contributed by atoms with Crippen molar-refractivity contribution >= 4 is 30.0 Å². The van der Waals surface area contributed by atoms with Gasteiger partial charge in [-0.1, -0.05) is 97.1 Å². The Labute approximate surface area is 741 Å². The third kappa shape index (κ3) is 53.7. The molecule has 2 aliphatic rings. The maximum atomic E-state index is 12.4. The highest BCUT2D eigenvalue weighted by molar-refractivity contribution is 5.84. The fraction of sp³-hybridized carbons (Fsp3) is 0.678. The highest BCUT2D eigenvalue weighted by atomic mass is 16.6. The Morgan fingerprint density at radius 2 is 0.452 bits per heavy atom. The summed E-state index contributed by atoms with van der Waals surface area (Å²) in [6.07, 6.45) is 0.474. The minimum absolute atomic E-state index is 0.000945. The number of hydrogen-bond donors (Lipinski definition) is 5. The van der Waals surface area contributed by atoms with Crippen molar-refractivity contribution < 1.29 is 152 Å². The molecular formula is C90H140N4O32.